The lowest BCUT2D eigenvalue weighted by Gasteiger charge is -2.32. The van der Waals surface area contributed by atoms with Crippen molar-refractivity contribution >= 4 is 5.96 Å². The molecule has 5 rings (SSSR count). The smallest absolute Gasteiger partial charge is 0.188 e. The minimum atomic E-state index is 0.454. The maximum absolute atomic E-state index is 6.21. The highest BCUT2D eigenvalue weighted by Gasteiger charge is 2.54. The Hall–Kier alpha value is -2.33. The van der Waals surface area contributed by atoms with E-state index in [2.05, 4.69) is 64.8 Å². The van der Waals surface area contributed by atoms with Gasteiger partial charge in [0.1, 0.15) is 0 Å². The van der Waals surface area contributed by atoms with E-state index in [4.69, 9.17) is 10.7 Å². The summed E-state index contributed by atoms with van der Waals surface area (Å²) in [5, 5.41) is 3.47. The van der Waals surface area contributed by atoms with E-state index in [0.29, 0.717) is 17.9 Å². The summed E-state index contributed by atoms with van der Waals surface area (Å²) in [6.45, 7) is 4.14. The third kappa shape index (κ3) is 3.66. The van der Waals surface area contributed by atoms with E-state index in [1.807, 2.05) is 0 Å². The fourth-order valence-corrected chi connectivity index (χ4v) is 5.27. The van der Waals surface area contributed by atoms with Gasteiger partial charge in [0.25, 0.3) is 0 Å². The van der Waals surface area contributed by atoms with Crippen LogP contribution in [-0.4, -0.2) is 36.5 Å². The number of benzene rings is 2. The zero-order chi connectivity index (χ0) is 18.9. The fraction of sp³-hybridized carbons (Fsp3) is 0.458. The lowest BCUT2D eigenvalue weighted by molar-refractivity contribution is 0.199. The van der Waals surface area contributed by atoms with Crippen molar-refractivity contribution in [1.29, 1.82) is 0 Å². The van der Waals surface area contributed by atoms with Crippen molar-refractivity contribution in [2.45, 2.75) is 37.8 Å². The topological polar surface area (TPSA) is 53.6 Å². The molecule has 146 valence electrons. The summed E-state index contributed by atoms with van der Waals surface area (Å²) < 4.78 is 0. The van der Waals surface area contributed by atoms with Crippen LogP contribution in [0.2, 0.25) is 0 Å². The van der Waals surface area contributed by atoms with Gasteiger partial charge >= 0.3 is 0 Å². The number of nitrogens with one attached hydrogen (secondary N) is 1. The summed E-state index contributed by atoms with van der Waals surface area (Å²) in [6.07, 6.45) is 3.49. The molecule has 0 bridgehead atoms. The largest absolute Gasteiger partial charge is 0.370 e. The number of likely N-dealkylation sites (tertiary alicyclic amines) is 1. The molecular weight excluding hydrogens is 344 g/mol. The van der Waals surface area contributed by atoms with Crippen molar-refractivity contribution in [2.24, 2.45) is 22.6 Å². The van der Waals surface area contributed by atoms with E-state index < -0.39 is 0 Å². The summed E-state index contributed by atoms with van der Waals surface area (Å²) >= 11 is 0. The summed E-state index contributed by atoms with van der Waals surface area (Å²) in [6, 6.07) is 20.1. The van der Waals surface area contributed by atoms with Gasteiger partial charge in [0, 0.05) is 32.2 Å². The van der Waals surface area contributed by atoms with E-state index >= 15 is 0 Å². The first-order valence-corrected chi connectivity index (χ1v) is 10.7. The molecule has 1 heterocycles. The number of hydrogen-bond donors (Lipinski definition) is 2. The Bertz CT molecular complexity index is 839. The van der Waals surface area contributed by atoms with Crippen LogP contribution in [0.5, 0.6) is 0 Å². The molecule has 28 heavy (non-hydrogen) atoms. The van der Waals surface area contributed by atoms with Gasteiger partial charge in [0.05, 0.1) is 0 Å². The van der Waals surface area contributed by atoms with Gasteiger partial charge in [-0.25, -0.2) is 0 Å². The number of fused-ring (bicyclic) bond motifs is 3. The quantitative estimate of drug-likeness (QED) is 0.624. The Morgan fingerprint density at radius 2 is 1.79 bits per heavy atom. The first-order valence-electron chi connectivity index (χ1n) is 10.7. The van der Waals surface area contributed by atoms with Gasteiger partial charge in [-0.2, -0.15) is 0 Å². The van der Waals surface area contributed by atoms with Gasteiger partial charge in [-0.3, -0.25) is 9.89 Å². The molecule has 3 unspecified atom stereocenters. The van der Waals surface area contributed by atoms with Crippen molar-refractivity contribution in [3.63, 3.8) is 0 Å². The van der Waals surface area contributed by atoms with Crippen LogP contribution in [0.1, 0.15) is 35.4 Å². The molecular formula is C24H30N4. The molecule has 2 fully saturated rings. The maximum Gasteiger partial charge on any atom is 0.188 e. The van der Waals surface area contributed by atoms with Crippen LogP contribution >= 0.6 is 0 Å². The molecule has 1 saturated heterocycles. The second-order valence-electron chi connectivity index (χ2n) is 8.66. The number of hydrogen-bond acceptors (Lipinski definition) is 2. The fourth-order valence-electron chi connectivity index (χ4n) is 5.27. The molecule has 0 aromatic heterocycles. The SMILES string of the molecule is NC(=NCC1C2Cc3ccccc3C12)NC1CCN(Cc2ccccc2)CC1. The summed E-state index contributed by atoms with van der Waals surface area (Å²) in [7, 11) is 0. The summed E-state index contributed by atoms with van der Waals surface area (Å²) in [4.78, 5) is 7.22. The Morgan fingerprint density at radius 3 is 2.61 bits per heavy atom. The minimum Gasteiger partial charge on any atom is -0.370 e. The van der Waals surface area contributed by atoms with E-state index in [1.54, 1.807) is 11.1 Å². The lowest BCUT2D eigenvalue weighted by atomic mass is 10.0. The molecule has 3 atom stereocenters. The zero-order valence-corrected chi connectivity index (χ0v) is 16.4. The first kappa shape index (κ1) is 17.7. The van der Waals surface area contributed by atoms with E-state index in [9.17, 15) is 0 Å². The Labute approximate surface area is 167 Å². The zero-order valence-electron chi connectivity index (χ0n) is 16.4. The highest BCUT2D eigenvalue weighted by molar-refractivity contribution is 5.78. The number of nitrogens with two attached hydrogens (primary N) is 1. The number of guanidine groups is 1. The average Bonchev–Trinajstić information content (AvgIpc) is 3.27. The Morgan fingerprint density at radius 1 is 1.04 bits per heavy atom. The van der Waals surface area contributed by atoms with Crippen LogP contribution in [0.25, 0.3) is 0 Å². The van der Waals surface area contributed by atoms with Crippen LogP contribution in [0.15, 0.2) is 59.6 Å². The predicted octanol–water partition coefficient (Wildman–Crippen LogP) is 3.14. The molecule has 2 aromatic carbocycles. The molecule has 2 aromatic rings. The van der Waals surface area contributed by atoms with Gasteiger partial charge < -0.3 is 11.1 Å². The van der Waals surface area contributed by atoms with Crippen LogP contribution in [0, 0.1) is 11.8 Å². The third-order valence-electron chi connectivity index (χ3n) is 6.86. The van der Waals surface area contributed by atoms with Gasteiger partial charge in [-0.05, 0) is 53.7 Å². The van der Waals surface area contributed by atoms with Gasteiger partial charge in [0.15, 0.2) is 5.96 Å². The maximum atomic E-state index is 6.21. The number of nitrogens with zero attached hydrogens (tertiary/aromatic N) is 2. The monoisotopic (exact) mass is 374 g/mol. The van der Waals surface area contributed by atoms with Crippen molar-refractivity contribution < 1.29 is 0 Å². The Kier molecular flexibility index (Phi) is 4.81. The van der Waals surface area contributed by atoms with E-state index in [1.165, 1.54) is 12.0 Å². The summed E-state index contributed by atoms with van der Waals surface area (Å²) in [5.74, 6) is 2.87. The molecule has 0 spiro atoms. The molecule has 4 nitrogen and oxygen atoms in total. The molecule has 1 saturated carbocycles. The van der Waals surface area contributed by atoms with Crippen molar-refractivity contribution in [3.8, 4) is 0 Å². The predicted molar refractivity (Wildman–Crippen MR) is 114 cm³/mol. The van der Waals surface area contributed by atoms with E-state index in [0.717, 1.165) is 50.9 Å². The van der Waals surface area contributed by atoms with Crippen LogP contribution < -0.4 is 11.1 Å². The standard InChI is InChI=1S/C24H30N4/c25-24(26-15-22-21-14-18-8-4-5-9-20(18)23(21)22)27-19-10-12-28(13-11-19)16-17-6-2-1-3-7-17/h1-9,19,21-23H,10-16H2,(H3,25,26,27). The lowest BCUT2D eigenvalue weighted by Crippen LogP contribution is -2.46. The van der Waals surface area contributed by atoms with Gasteiger partial charge in [0.2, 0.25) is 0 Å². The van der Waals surface area contributed by atoms with Crippen LogP contribution in [-0.2, 0) is 13.0 Å². The molecule has 3 N–H and O–H groups in total. The molecule has 0 radical (unpaired) electrons. The molecule has 3 aliphatic rings. The number of piperidine rings is 1. The second-order valence-corrected chi connectivity index (χ2v) is 8.66. The number of rotatable bonds is 5. The highest BCUT2D eigenvalue weighted by atomic mass is 15.2. The highest BCUT2D eigenvalue weighted by Crippen LogP contribution is 2.61. The average molecular weight is 375 g/mol. The molecule has 1 aliphatic heterocycles. The van der Waals surface area contributed by atoms with Crippen molar-refractivity contribution in [1.82, 2.24) is 10.2 Å². The summed E-state index contributed by atoms with van der Waals surface area (Å²) in [5.41, 5.74) is 10.7. The van der Waals surface area contributed by atoms with Gasteiger partial charge in [-0.1, -0.05) is 54.6 Å². The second kappa shape index (κ2) is 7.59. The van der Waals surface area contributed by atoms with Crippen LogP contribution in [0.3, 0.4) is 0 Å². The molecule has 2 aliphatic carbocycles. The molecule has 4 heteroatoms. The third-order valence-corrected chi connectivity index (χ3v) is 6.86. The van der Waals surface area contributed by atoms with Crippen molar-refractivity contribution in [2.75, 3.05) is 19.6 Å². The number of aliphatic imine (C=N–C) groups is 1. The van der Waals surface area contributed by atoms with E-state index in [-0.39, 0.29) is 0 Å². The normalized spacial score (nSPS) is 27.3. The van der Waals surface area contributed by atoms with Crippen LogP contribution in [0.4, 0.5) is 0 Å². The van der Waals surface area contributed by atoms with Gasteiger partial charge in [-0.15, -0.1) is 0 Å². The molecule has 0 amide bonds. The first-order chi connectivity index (χ1) is 13.8. The Balaban J connectivity index is 1.07. The minimum absolute atomic E-state index is 0.454. The van der Waals surface area contributed by atoms with Crippen molar-refractivity contribution in [3.05, 3.63) is 71.3 Å².